The first-order valence-electron chi connectivity index (χ1n) is 6.68. The van der Waals surface area contributed by atoms with Gasteiger partial charge in [-0.05, 0) is 61.7 Å². The molecule has 4 aliphatic carbocycles. The summed E-state index contributed by atoms with van der Waals surface area (Å²) < 4.78 is 0. The second-order valence-corrected chi connectivity index (χ2v) is 5.98. The molecular formula is C15H22. The Bertz CT molecular complexity index is 274. The van der Waals surface area contributed by atoms with E-state index in [1.54, 1.807) is 0 Å². The fraction of sp³-hybridized carbons (Fsp3) is 0.733. The highest BCUT2D eigenvalue weighted by molar-refractivity contribution is 5.09. The van der Waals surface area contributed by atoms with Crippen molar-refractivity contribution < 1.29 is 0 Å². The third kappa shape index (κ3) is 1.91. The average Bonchev–Trinajstić information content (AvgIpc) is 2.99. The van der Waals surface area contributed by atoms with Gasteiger partial charge in [-0.3, -0.25) is 0 Å². The predicted octanol–water partition coefficient (Wildman–Crippen LogP) is 4.19. The molecule has 0 aromatic carbocycles. The summed E-state index contributed by atoms with van der Waals surface area (Å²) in [6.07, 6.45) is 16.9. The minimum Gasteiger partial charge on any atom is -0.0851 e. The second kappa shape index (κ2) is 3.81. The van der Waals surface area contributed by atoms with Crippen LogP contribution in [0.1, 0.15) is 39.0 Å². The van der Waals surface area contributed by atoms with Gasteiger partial charge in [0.2, 0.25) is 0 Å². The zero-order chi connectivity index (χ0) is 10.3. The molecule has 2 saturated carbocycles. The molecule has 0 saturated heterocycles. The Morgan fingerprint density at radius 3 is 1.60 bits per heavy atom. The molecule has 2 fully saturated rings. The van der Waals surface area contributed by atoms with Crippen LogP contribution in [0, 0.1) is 29.6 Å². The number of allylic oxidation sites excluding steroid dienone is 4. The van der Waals surface area contributed by atoms with Crippen LogP contribution in [0.5, 0.6) is 0 Å². The van der Waals surface area contributed by atoms with Crippen molar-refractivity contribution in [3.8, 4) is 0 Å². The molecule has 4 bridgehead atoms. The minimum atomic E-state index is 0.958. The molecule has 0 aromatic rings. The van der Waals surface area contributed by atoms with Gasteiger partial charge in [-0.15, -0.1) is 0 Å². The number of fused-ring (bicyclic) bond motifs is 4. The molecule has 5 atom stereocenters. The van der Waals surface area contributed by atoms with Crippen LogP contribution >= 0.6 is 0 Å². The zero-order valence-corrected chi connectivity index (χ0v) is 9.73. The molecule has 0 heteroatoms. The normalized spacial score (nSPS) is 48.5. The van der Waals surface area contributed by atoms with Crippen LogP contribution in [0.2, 0.25) is 0 Å². The SMILES string of the molecule is C1=CC2CCC1C2.CC1CC2C=CC1C2. The van der Waals surface area contributed by atoms with Gasteiger partial charge in [-0.1, -0.05) is 31.2 Å². The lowest BCUT2D eigenvalue weighted by molar-refractivity contribution is 0.493. The van der Waals surface area contributed by atoms with Gasteiger partial charge >= 0.3 is 0 Å². The van der Waals surface area contributed by atoms with E-state index in [-0.39, 0.29) is 0 Å². The Morgan fingerprint density at radius 2 is 1.40 bits per heavy atom. The van der Waals surface area contributed by atoms with Crippen molar-refractivity contribution in [1.82, 2.24) is 0 Å². The third-order valence-corrected chi connectivity index (χ3v) is 4.78. The summed E-state index contributed by atoms with van der Waals surface area (Å²) in [7, 11) is 0. The molecule has 0 spiro atoms. The van der Waals surface area contributed by atoms with Crippen molar-refractivity contribution in [2.75, 3.05) is 0 Å². The maximum absolute atomic E-state index is 2.40. The van der Waals surface area contributed by atoms with E-state index in [0.29, 0.717) is 0 Å². The van der Waals surface area contributed by atoms with E-state index in [0.717, 1.165) is 29.6 Å². The van der Waals surface area contributed by atoms with Gasteiger partial charge in [-0.2, -0.15) is 0 Å². The first-order valence-corrected chi connectivity index (χ1v) is 6.68. The van der Waals surface area contributed by atoms with Crippen LogP contribution in [0.15, 0.2) is 24.3 Å². The van der Waals surface area contributed by atoms with E-state index < -0.39 is 0 Å². The van der Waals surface area contributed by atoms with Crippen molar-refractivity contribution in [1.29, 1.82) is 0 Å². The molecule has 82 valence electrons. The molecular weight excluding hydrogens is 180 g/mol. The summed E-state index contributed by atoms with van der Waals surface area (Å²) in [4.78, 5) is 0. The lowest BCUT2D eigenvalue weighted by Gasteiger charge is -2.09. The van der Waals surface area contributed by atoms with Gasteiger partial charge in [-0.25, -0.2) is 0 Å². The van der Waals surface area contributed by atoms with E-state index >= 15 is 0 Å². The van der Waals surface area contributed by atoms with Gasteiger partial charge in [0.25, 0.3) is 0 Å². The van der Waals surface area contributed by atoms with E-state index in [1.165, 1.54) is 32.1 Å². The zero-order valence-electron chi connectivity index (χ0n) is 9.73. The largest absolute Gasteiger partial charge is 0.0851 e. The highest BCUT2D eigenvalue weighted by Crippen LogP contribution is 2.42. The van der Waals surface area contributed by atoms with Gasteiger partial charge in [0.1, 0.15) is 0 Å². The van der Waals surface area contributed by atoms with Crippen LogP contribution in [0.25, 0.3) is 0 Å². The van der Waals surface area contributed by atoms with Crippen molar-refractivity contribution in [3.63, 3.8) is 0 Å². The summed E-state index contributed by atoms with van der Waals surface area (Å²) in [5, 5.41) is 0. The highest BCUT2D eigenvalue weighted by Gasteiger charge is 2.32. The highest BCUT2D eigenvalue weighted by atomic mass is 14.4. The number of rotatable bonds is 0. The van der Waals surface area contributed by atoms with E-state index in [9.17, 15) is 0 Å². The molecule has 0 amide bonds. The van der Waals surface area contributed by atoms with Crippen LogP contribution in [0.4, 0.5) is 0 Å². The molecule has 0 nitrogen and oxygen atoms in total. The summed E-state index contributed by atoms with van der Waals surface area (Å²) in [5.74, 6) is 4.90. The fourth-order valence-corrected chi connectivity index (χ4v) is 3.77. The van der Waals surface area contributed by atoms with E-state index in [2.05, 4.69) is 31.2 Å². The smallest absolute Gasteiger partial charge is 0.0202 e. The second-order valence-electron chi connectivity index (χ2n) is 5.98. The van der Waals surface area contributed by atoms with E-state index in [4.69, 9.17) is 0 Å². The standard InChI is InChI=1S/C8H12.C7H10/c1-6-4-7-2-3-8(6)5-7;1-2-7-4-3-6(1)5-7/h2-3,6-8H,4-5H2,1H3;1-2,6-7H,3-5H2. The lowest BCUT2D eigenvalue weighted by Crippen LogP contribution is -1.99. The molecule has 0 N–H and O–H groups in total. The van der Waals surface area contributed by atoms with Crippen LogP contribution in [-0.2, 0) is 0 Å². The Kier molecular flexibility index (Phi) is 2.46. The lowest BCUT2D eigenvalue weighted by atomic mass is 9.96. The summed E-state index contributed by atoms with van der Waals surface area (Å²) in [5.41, 5.74) is 0. The minimum absolute atomic E-state index is 0.958. The first-order chi connectivity index (χ1) is 7.31. The predicted molar refractivity (Wildman–Crippen MR) is 64.5 cm³/mol. The van der Waals surface area contributed by atoms with Crippen molar-refractivity contribution in [2.24, 2.45) is 29.6 Å². The maximum Gasteiger partial charge on any atom is -0.0202 e. The monoisotopic (exact) mass is 202 g/mol. The number of hydrogen-bond acceptors (Lipinski definition) is 0. The Balaban J connectivity index is 0.0000000971. The molecule has 5 unspecified atom stereocenters. The molecule has 0 radical (unpaired) electrons. The molecule has 0 heterocycles. The summed E-state index contributed by atoms with van der Waals surface area (Å²) in [6.45, 7) is 2.37. The van der Waals surface area contributed by atoms with Crippen LogP contribution in [-0.4, -0.2) is 0 Å². The summed E-state index contributed by atoms with van der Waals surface area (Å²) in [6, 6.07) is 0. The average molecular weight is 202 g/mol. The third-order valence-electron chi connectivity index (χ3n) is 4.78. The van der Waals surface area contributed by atoms with Crippen molar-refractivity contribution in [3.05, 3.63) is 24.3 Å². The molecule has 4 rings (SSSR count). The van der Waals surface area contributed by atoms with Gasteiger partial charge in [0.15, 0.2) is 0 Å². The summed E-state index contributed by atoms with van der Waals surface area (Å²) >= 11 is 0. The van der Waals surface area contributed by atoms with Crippen molar-refractivity contribution >= 4 is 0 Å². The Morgan fingerprint density at radius 1 is 0.733 bits per heavy atom. The van der Waals surface area contributed by atoms with Crippen LogP contribution < -0.4 is 0 Å². The Hall–Kier alpha value is -0.520. The first kappa shape index (κ1) is 9.69. The molecule has 15 heavy (non-hydrogen) atoms. The quantitative estimate of drug-likeness (QED) is 0.517. The molecule has 0 aromatic heterocycles. The maximum atomic E-state index is 2.40. The fourth-order valence-electron chi connectivity index (χ4n) is 3.77. The van der Waals surface area contributed by atoms with Crippen LogP contribution in [0.3, 0.4) is 0 Å². The van der Waals surface area contributed by atoms with Gasteiger partial charge in [0, 0.05) is 0 Å². The molecule has 4 aliphatic rings. The van der Waals surface area contributed by atoms with Gasteiger partial charge < -0.3 is 0 Å². The Labute approximate surface area is 93.5 Å². The molecule has 0 aliphatic heterocycles. The topological polar surface area (TPSA) is 0 Å². The van der Waals surface area contributed by atoms with E-state index in [1.807, 2.05) is 0 Å². The number of hydrogen-bond donors (Lipinski definition) is 0. The van der Waals surface area contributed by atoms with Crippen molar-refractivity contribution in [2.45, 2.75) is 39.0 Å². The van der Waals surface area contributed by atoms with Gasteiger partial charge in [0.05, 0.1) is 0 Å².